The molecule has 5 atom stereocenters. The van der Waals surface area contributed by atoms with Crippen LogP contribution >= 0.6 is 0 Å². The van der Waals surface area contributed by atoms with E-state index in [4.69, 9.17) is 19.9 Å². The van der Waals surface area contributed by atoms with Crippen molar-refractivity contribution >= 4 is 33.1 Å². The fraction of sp³-hybridized carbons (Fsp3) is 0.312. The first-order valence-electron chi connectivity index (χ1n) is 14.4. The van der Waals surface area contributed by atoms with Crippen molar-refractivity contribution in [3.05, 3.63) is 72.4 Å². The van der Waals surface area contributed by atoms with Gasteiger partial charge in [0.25, 0.3) is 0 Å². The number of aromatic amines is 2. The number of rotatable bonds is 4. The van der Waals surface area contributed by atoms with Crippen molar-refractivity contribution in [2.45, 2.75) is 44.3 Å². The lowest BCUT2D eigenvalue weighted by Gasteiger charge is -2.08. The van der Waals surface area contributed by atoms with Crippen molar-refractivity contribution in [2.24, 2.45) is 11.8 Å². The van der Waals surface area contributed by atoms with E-state index in [0.29, 0.717) is 24.0 Å². The summed E-state index contributed by atoms with van der Waals surface area (Å²) in [4.78, 5) is 26.6. The van der Waals surface area contributed by atoms with E-state index in [1.807, 2.05) is 6.20 Å². The molecule has 0 radical (unpaired) electrons. The molecule has 1 aliphatic carbocycles. The second-order valence-electron chi connectivity index (χ2n) is 12.0. The Morgan fingerprint density at radius 2 is 1.38 bits per heavy atom. The molecule has 4 N–H and O–H groups in total. The molecule has 0 amide bonds. The third-order valence-electron chi connectivity index (χ3n) is 9.06. The van der Waals surface area contributed by atoms with Gasteiger partial charge in [-0.2, -0.15) is 0 Å². The van der Waals surface area contributed by atoms with Gasteiger partial charge in [-0.05, 0) is 85.2 Å². The Labute approximate surface area is 231 Å². The van der Waals surface area contributed by atoms with Gasteiger partial charge in [0.05, 0.1) is 57.1 Å². The molecule has 2 saturated heterocycles. The summed E-state index contributed by atoms with van der Waals surface area (Å²) in [6, 6.07) is 20.4. The summed E-state index contributed by atoms with van der Waals surface area (Å²) < 4.78 is 0. The number of nitrogens with one attached hydrogen (secondary N) is 4. The molecule has 6 aromatic rings. The minimum atomic E-state index is 0.298. The van der Waals surface area contributed by atoms with Crippen LogP contribution in [-0.2, 0) is 0 Å². The topological polar surface area (TPSA) is 107 Å². The number of nitrogens with zero attached hydrogens (tertiary/aromatic N) is 4. The van der Waals surface area contributed by atoms with E-state index < -0.39 is 0 Å². The third kappa shape index (κ3) is 3.74. The minimum Gasteiger partial charge on any atom is -0.341 e. The van der Waals surface area contributed by atoms with Crippen LogP contribution in [0.1, 0.15) is 49.9 Å². The average Bonchev–Trinajstić information content (AvgIpc) is 3.47. The van der Waals surface area contributed by atoms with Crippen LogP contribution in [0.25, 0.3) is 55.5 Å². The molecule has 198 valence electrons. The Morgan fingerprint density at radius 1 is 0.675 bits per heavy atom. The molecule has 40 heavy (non-hydrogen) atoms. The lowest BCUT2D eigenvalue weighted by molar-refractivity contribution is 0.544. The zero-order chi connectivity index (χ0) is 26.4. The fourth-order valence-corrected chi connectivity index (χ4v) is 6.71. The second-order valence-corrected chi connectivity index (χ2v) is 12.0. The van der Waals surface area contributed by atoms with Crippen molar-refractivity contribution in [1.29, 1.82) is 0 Å². The second kappa shape index (κ2) is 8.43. The van der Waals surface area contributed by atoms with Gasteiger partial charge in [0.1, 0.15) is 11.6 Å². The number of benzene rings is 3. The number of aromatic nitrogens is 6. The van der Waals surface area contributed by atoms with E-state index in [1.54, 1.807) is 0 Å². The van der Waals surface area contributed by atoms with E-state index in [1.165, 1.54) is 12.8 Å². The third-order valence-corrected chi connectivity index (χ3v) is 9.06. The van der Waals surface area contributed by atoms with Crippen LogP contribution in [0.15, 0.2) is 60.8 Å². The highest BCUT2D eigenvalue weighted by atomic mass is 15.1. The zero-order valence-corrected chi connectivity index (χ0v) is 22.3. The van der Waals surface area contributed by atoms with E-state index >= 15 is 0 Å². The van der Waals surface area contributed by atoms with Crippen LogP contribution < -0.4 is 10.6 Å². The number of H-pyrrole nitrogens is 2. The van der Waals surface area contributed by atoms with Gasteiger partial charge in [-0.3, -0.25) is 4.98 Å². The molecule has 1 saturated carbocycles. The maximum Gasteiger partial charge on any atom is 0.124 e. The van der Waals surface area contributed by atoms with Crippen molar-refractivity contribution in [2.75, 3.05) is 6.54 Å². The van der Waals surface area contributed by atoms with Gasteiger partial charge < -0.3 is 20.6 Å². The molecule has 3 fully saturated rings. The Kier molecular flexibility index (Phi) is 4.77. The summed E-state index contributed by atoms with van der Waals surface area (Å²) in [6.45, 7) is 3.32. The monoisotopic (exact) mass is 526 g/mol. The summed E-state index contributed by atoms with van der Waals surface area (Å²) in [6.07, 6.45) is 5.50. The Balaban J connectivity index is 1.00. The van der Waals surface area contributed by atoms with Gasteiger partial charge in [-0.1, -0.05) is 25.1 Å². The molecule has 0 spiro atoms. The molecule has 3 aromatic heterocycles. The molecule has 8 nitrogen and oxygen atoms in total. The fourth-order valence-electron chi connectivity index (χ4n) is 6.71. The summed E-state index contributed by atoms with van der Waals surface area (Å²) in [5.74, 6) is 3.60. The highest BCUT2D eigenvalue weighted by Gasteiger charge is 2.46. The smallest absolute Gasteiger partial charge is 0.124 e. The first-order chi connectivity index (χ1) is 19.6. The van der Waals surface area contributed by atoms with Crippen molar-refractivity contribution in [3.8, 4) is 22.4 Å². The Morgan fingerprint density at radius 3 is 2.10 bits per heavy atom. The van der Waals surface area contributed by atoms with E-state index in [9.17, 15) is 0 Å². The van der Waals surface area contributed by atoms with Gasteiger partial charge in [-0.15, -0.1) is 0 Å². The summed E-state index contributed by atoms with van der Waals surface area (Å²) >= 11 is 0. The van der Waals surface area contributed by atoms with E-state index in [0.717, 1.165) is 86.0 Å². The molecular formula is C32H30N8. The molecule has 5 heterocycles. The Hall–Kier alpha value is -4.14. The molecule has 8 heteroatoms. The van der Waals surface area contributed by atoms with E-state index in [-0.39, 0.29) is 0 Å². The van der Waals surface area contributed by atoms with Crippen LogP contribution in [0.5, 0.6) is 0 Å². The first kappa shape index (κ1) is 22.7. The van der Waals surface area contributed by atoms with Gasteiger partial charge in [-0.25, -0.2) is 15.0 Å². The van der Waals surface area contributed by atoms with Crippen molar-refractivity contribution < 1.29 is 0 Å². The Bertz CT molecular complexity index is 1800. The summed E-state index contributed by atoms with van der Waals surface area (Å²) in [7, 11) is 0. The highest BCUT2D eigenvalue weighted by Crippen LogP contribution is 2.45. The van der Waals surface area contributed by atoms with Crippen LogP contribution in [0.2, 0.25) is 0 Å². The maximum atomic E-state index is 4.96. The lowest BCUT2D eigenvalue weighted by atomic mass is 10.0. The molecule has 0 bridgehead atoms. The normalized spacial score (nSPS) is 25.8. The molecular weight excluding hydrogens is 496 g/mol. The molecule has 3 aromatic carbocycles. The summed E-state index contributed by atoms with van der Waals surface area (Å²) in [5, 5.41) is 7.26. The number of hydrogen-bond donors (Lipinski definition) is 4. The van der Waals surface area contributed by atoms with Crippen molar-refractivity contribution in [3.63, 3.8) is 0 Å². The van der Waals surface area contributed by atoms with Gasteiger partial charge >= 0.3 is 0 Å². The van der Waals surface area contributed by atoms with Gasteiger partial charge in [0.15, 0.2) is 0 Å². The predicted octanol–water partition coefficient (Wildman–Crippen LogP) is 5.81. The quantitative estimate of drug-likeness (QED) is 0.231. The number of hydrogen-bond acceptors (Lipinski definition) is 6. The lowest BCUT2D eigenvalue weighted by Crippen LogP contribution is -2.18. The maximum absolute atomic E-state index is 4.96. The molecule has 0 unspecified atom stereocenters. The summed E-state index contributed by atoms with van der Waals surface area (Å²) in [5.41, 5.74) is 10.0. The van der Waals surface area contributed by atoms with Crippen LogP contribution in [0.4, 0.5) is 0 Å². The highest BCUT2D eigenvalue weighted by molar-refractivity contribution is 5.87. The molecule has 2 aliphatic heterocycles. The largest absolute Gasteiger partial charge is 0.341 e. The number of piperidine rings is 1. The average molecular weight is 527 g/mol. The molecule has 9 rings (SSSR count). The standard InChI is InChI=1S/C32H30N8/c1-16-8-28(33-14-16)31-37-23-7-4-19(11-27(23)39-31)30-15-34-25-9-17(2-5-21(25)35-30)18-3-6-22-26(10-18)40-32(38-22)29-13-20-12-24(20)36-29/h2-7,9-11,15-16,20,24,28-29,33,36H,8,12-14H2,1H3,(H,37,39)(H,38,40)/t16-,20+,24+,28-,29-/m0/s1. The van der Waals surface area contributed by atoms with Crippen LogP contribution in [0, 0.1) is 11.8 Å². The first-order valence-corrected chi connectivity index (χ1v) is 14.4. The van der Waals surface area contributed by atoms with Crippen LogP contribution in [0.3, 0.4) is 0 Å². The van der Waals surface area contributed by atoms with Crippen LogP contribution in [-0.4, -0.2) is 42.5 Å². The predicted molar refractivity (Wildman–Crippen MR) is 157 cm³/mol. The number of fused-ring (bicyclic) bond motifs is 4. The molecule has 3 aliphatic rings. The van der Waals surface area contributed by atoms with Crippen molar-refractivity contribution in [1.82, 2.24) is 40.5 Å². The zero-order valence-electron chi connectivity index (χ0n) is 22.3. The van der Waals surface area contributed by atoms with Gasteiger partial charge in [0, 0.05) is 11.6 Å². The minimum absolute atomic E-state index is 0.298. The van der Waals surface area contributed by atoms with E-state index in [2.05, 4.69) is 82.1 Å². The number of imidazole rings is 2. The SMILES string of the molecule is C[C@@H]1CN[C@H](c2nc3ccc(-c4cnc5cc(-c6ccc7nc([C@@H]8C[C@H]9C[C@H]9N8)[nH]c7c6)ccc5n4)cc3[nH]2)C1. The van der Waals surface area contributed by atoms with Gasteiger partial charge in [0.2, 0.25) is 0 Å².